The maximum atomic E-state index is 13.1. The molecule has 164 valence electrons. The molecule has 0 aliphatic heterocycles. The number of nitrogen functional groups attached to an aromatic ring is 1. The predicted molar refractivity (Wildman–Crippen MR) is 130 cm³/mol. The molecular formula is C26H22ClN5O. The molecule has 0 unspecified atom stereocenters. The second kappa shape index (κ2) is 10.0. The van der Waals surface area contributed by atoms with Crippen LogP contribution in [0.2, 0.25) is 5.02 Å². The Hall–Kier alpha value is -4.08. The number of nitrogens with two attached hydrogens (primary N) is 1. The third-order valence-corrected chi connectivity index (χ3v) is 5.48. The summed E-state index contributed by atoms with van der Waals surface area (Å²) < 4.78 is 1.63. The molecular weight excluding hydrogens is 434 g/mol. The highest BCUT2D eigenvalue weighted by molar-refractivity contribution is 6.30. The van der Waals surface area contributed by atoms with Gasteiger partial charge in [-0.3, -0.25) is 4.79 Å². The fraction of sp³-hybridized carbons (Fsp3) is 0.115. The Kier molecular flexibility index (Phi) is 6.72. The maximum absolute atomic E-state index is 13.1. The molecule has 1 amide bonds. The standard InChI is InChI=1S/C26H22ClN5O/c27-22-11-7-20(8-12-22)24-17-25(29)32(30-24)23-13-9-21(10-14-23)26(33)31(16-4-15-28)18-19-5-2-1-3-6-19/h1-3,5-14,17H,4,16,18,29H2. The number of anilines is 1. The van der Waals surface area contributed by atoms with Gasteiger partial charge in [0.2, 0.25) is 0 Å². The second-order valence-electron chi connectivity index (χ2n) is 7.54. The molecule has 0 bridgehead atoms. The molecule has 6 nitrogen and oxygen atoms in total. The van der Waals surface area contributed by atoms with Crippen LogP contribution in [-0.2, 0) is 6.54 Å². The van der Waals surface area contributed by atoms with E-state index < -0.39 is 0 Å². The summed E-state index contributed by atoms with van der Waals surface area (Å²) in [5.74, 6) is 0.356. The lowest BCUT2D eigenvalue weighted by molar-refractivity contribution is 0.0747. The van der Waals surface area contributed by atoms with E-state index in [1.165, 1.54) is 0 Å². The van der Waals surface area contributed by atoms with Gasteiger partial charge in [-0.1, -0.05) is 54.1 Å². The fourth-order valence-electron chi connectivity index (χ4n) is 3.53. The first-order valence-electron chi connectivity index (χ1n) is 10.5. The number of nitrogens with zero attached hydrogens (tertiary/aromatic N) is 4. The molecule has 0 saturated carbocycles. The van der Waals surface area contributed by atoms with Crippen LogP contribution in [0.4, 0.5) is 5.82 Å². The van der Waals surface area contributed by atoms with E-state index in [9.17, 15) is 4.79 Å². The van der Waals surface area contributed by atoms with Crippen molar-refractivity contribution in [2.45, 2.75) is 13.0 Å². The van der Waals surface area contributed by atoms with Crippen LogP contribution in [0.5, 0.6) is 0 Å². The van der Waals surface area contributed by atoms with Gasteiger partial charge in [-0.2, -0.15) is 10.4 Å². The van der Waals surface area contributed by atoms with Gasteiger partial charge in [0.1, 0.15) is 5.82 Å². The van der Waals surface area contributed by atoms with Crippen LogP contribution in [0.15, 0.2) is 84.9 Å². The summed E-state index contributed by atoms with van der Waals surface area (Å²) in [6.45, 7) is 0.808. The number of halogens is 1. The maximum Gasteiger partial charge on any atom is 0.254 e. The molecule has 0 aliphatic carbocycles. The van der Waals surface area contributed by atoms with Gasteiger partial charge in [0.15, 0.2) is 0 Å². The molecule has 4 rings (SSSR count). The molecule has 0 radical (unpaired) electrons. The van der Waals surface area contributed by atoms with Crippen LogP contribution in [0, 0.1) is 11.3 Å². The molecule has 0 fully saturated rings. The molecule has 2 N–H and O–H groups in total. The number of aromatic nitrogens is 2. The first kappa shape index (κ1) is 22.1. The third kappa shape index (κ3) is 5.22. The van der Waals surface area contributed by atoms with E-state index >= 15 is 0 Å². The summed E-state index contributed by atoms with van der Waals surface area (Å²) in [5, 5.41) is 14.3. The number of carbonyl (C=O) groups is 1. The van der Waals surface area contributed by atoms with E-state index in [-0.39, 0.29) is 12.3 Å². The van der Waals surface area contributed by atoms with Gasteiger partial charge in [0.05, 0.1) is 23.9 Å². The Labute approximate surface area is 197 Å². The average molecular weight is 456 g/mol. The van der Waals surface area contributed by atoms with Gasteiger partial charge in [0.25, 0.3) is 5.91 Å². The number of benzene rings is 3. The van der Waals surface area contributed by atoms with Crippen LogP contribution >= 0.6 is 11.6 Å². The van der Waals surface area contributed by atoms with E-state index in [0.717, 1.165) is 22.5 Å². The Balaban J connectivity index is 1.55. The topological polar surface area (TPSA) is 87.9 Å². The van der Waals surface area contributed by atoms with Gasteiger partial charge in [-0.15, -0.1) is 0 Å². The van der Waals surface area contributed by atoms with E-state index in [1.54, 1.807) is 39.9 Å². The Bertz CT molecular complexity index is 1280. The molecule has 7 heteroatoms. The molecule has 0 atom stereocenters. The molecule has 1 heterocycles. The fourth-order valence-corrected chi connectivity index (χ4v) is 3.66. The van der Waals surface area contributed by atoms with E-state index in [1.807, 2.05) is 54.6 Å². The number of hydrogen-bond acceptors (Lipinski definition) is 4. The van der Waals surface area contributed by atoms with Gasteiger partial charge in [-0.05, 0) is 42.0 Å². The van der Waals surface area contributed by atoms with Crippen molar-refractivity contribution >= 4 is 23.3 Å². The van der Waals surface area contributed by atoms with Crippen molar-refractivity contribution in [1.82, 2.24) is 14.7 Å². The van der Waals surface area contributed by atoms with Crippen LogP contribution in [0.1, 0.15) is 22.3 Å². The summed E-state index contributed by atoms with van der Waals surface area (Å²) in [4.78, 5) is 14.8. The van der Waals surface area contributed by atoms with Crippen LogP contribution in [0.3, 0.4) is 0 Å². The lowest BCUT2D eigenvalue weighted by Gasteiger charge is -2.22. The number of carbonyl (C=O) groups excluding carboxylic acids is 1. The SMILES string of the molecule is N#CCCN(Cc1ccccc1)C(=O)c1ccc(-n2nc(-c3ccc(Cl)cc3)cc2N)cc1. The number of amides is 1. The lowest BCUT2D eigenvalue weighted by atomic mass is 10.1. The highest BCUT2D eigenvalue weighted by Gasteiger charge is 2.17. The van der Waals surface area contributed by atoms with Crippen molar-refractivity contribution < 1.29 is 4.79 Å². The summed E-state index contributed by atoms with van der Waals surface area (Å²) in [7, 11) is 0. The Morgan fingerprint density at radius 3 is 2.39 bits per heavy atom. The summed E-state index contributed by atoms with van der Waals surface area (Å²) in [5.41, 5.74) is 10.1. The zero-order valence-electron chi connectivity index (χ0n) is 17.9. The van der Waals surface area contributed by atoms with Gasteiger partial charge >= 0.3 is 0 Å². The van der Waals surface area contributed by atoms with Gasteiger partial charge < -0.3 is 10.6 Å². The molecule has 33 heavy (non-hydrogen) atoms. The molecule has 0 saturated heterocycles. The highest BCUT2D eigenvalue weighted by atomic mass is 35.5. The minimum Gasteiger partial charge on any atom is -0.384 e. The zero-order chi connectivity index (χ0) is 23.2. The van der Waals surface area contributed by atoms with Crippen molar-refractivity contribution in [1.29, 1.82) is 5.26 Å². The minimum atomic E-state index is -0.129. The normalized spacial score (nSPS) is 10.5. The predicted octanol–water partition coefficient (Wildman–Crippen LogP) is 5.33. The zero-order valence-corrected chi connectivity index (χ0v) is 18.6. The monoisotopic (exact) mass is 455 g/mol. The van der Waals surface area contributed by atoms with Gasteiger partial charge in [0, 0.05) is 35.3 Å². The first-order valence-corrected chi connectivity index (χ1v) is 10.8. The van der Waals surface area contributed by atoms with Crippen molar-refractivity contribution in [2.24, 2.45) is 0 Å². The molecule has 0 aliphatic rings. The second-order valence-corrected chi connectivity index (χ2v) is 7.98. The quantitative estimate of drug-likeness (QED) is 0.408. The van der Waals surface area contributed by atoms with Crippen molar-refractivity contribution in [3.05, 3.63) is 101 Å². The van der Waals surface area contributed by atoms with Gasteiger partial charge in [-0.25, -0.2) is 4.68 Å². The van der Waals surface area contributed by atoms with E-state index in [2.05, 4.69) is 11.2 Å². The van der Waals surface area contributed by atoms with Crippen molar-refractivity contribution in [3.63, 3.8) is 0 Å². The molecule has 4 aromatic rings. The third-order valence-electron chi connectivity index (χ3n) is 5.23. The molecule has 3 aromatic carbocycles. The lowest BCUT2D eigenvalue weighted by Crippen LogP contribution is -2.31. The summed E-state index contributed by atoms with van der Waals surface area (Å²) >= 11 is 5.97. The van der Waals surface area contributed by atoms with Crippen LogP contribution in [0.25, 0.3) is 16.9 Å². The Morgan fingerprint density at radius 1 is 1.03 bits per heavy atom. The highest BCUT2D eigenvalue weighted by Crippen LogP contribution is 2.24. The molecule has 0 spiro atoms. The first-order chi connectivity index (χ1) is 16.0. The largest absolute Gasteiger partial charge is 0.384 e. The summed E-state index contributed by atoms with van der Waals surface area (Å²) in [6.07, 6.45) is 0.272. The number of nitriles is 1. The van der Waals surface area contributed by atoms with Crippen LogP contribution < -0.4 is 5.73 Å². The van der Waals surface area contributed by atoms with E-state index in [4.69, 9.17) is 22.6 Å². The minimum absolute atomic E-state index is 0.129. The van der Waals surface area contributed by atoms with Crippen molar-refractivity contribution in [2.75, 3.05) is 12.3 Å². The molecule has 1 aromatic heterocycles. The van der Waals surface area contributed by atoms with Crippen molar-refractivity contribution in [3.8, 4) is 23.0 Å². The van der Waals surface area contributed by atoms with E-state index in [0.29, 0.717) is 29.5 Å². The summed E-state index contributed by atoms with van der Waals surface area (Å²) in [6, 6.07) is 28.2. The Morgan fingerprint density at radius 2 is 1.73 bits per heavy atom. The van der Waals surface area contributed by atoms with Crippen LogP contribution in [-0.4, -0.2) is 27.1 Å². The number of rotatable bonds is 7. The smallest absolute Gasteiger partial charge is 0.254 e. The number of hydrogen-bond donors (Lipinski definition) is 1. The average Bonchev–Trinajstić information content (AvgIpc) is 3.24.